The molecule has 324 valence electrons. The third-order valence-corrected chi connectivity index (χ3v) is 13.3. The molecule has 2 N–H and O–H groups in total. The van der Waals surface area contributed by atoms with Crippen LogP contribution < -0.4 is 15.5 Å². The van der Waals surface area contributed by atoms with Crippen LogP contribution in [0.25, 0.3) is 16.6 Å². The van der Waals surface area contributed by atoms with E-state index in [4.69, 9.17) is 14.5 Å². The van der Waals surface area contributed by atoms with Crippen molar-refractivity contribution in [3.8, 4) is 11.8 Å². The SMILES string of the molecule is Cn1nc(C2CCC(=O)NC2=O)c2cccc(C#CCOC3CCN(CC4CCC(n5cc(NC(=O)c6cnn7ccc(N8CC9(COC9)C8)nc67)c(C(F)F)n5)CC4)CC3)c21. The Balaban J connectivity index is 0.690. The molecule has 8 heterocycles. The summed E-state index contributed by atoms with van der Waals surface area (Å²) in [6.45, 7) is 6.34. The van der Waals surface area contributed by atoms with Crippen molar-refractivity contribution < 1.29 is 32.6 Å². The number of piperidine rings is 2. The molecule has 4 saturated heterocycles. The number of rotatable bonds is 10. The van der Waals surface area contributed by atoms with Crippen LogP contribution in [0.4, 0.5) is 20.3 Å². The van der Waals surface area contributed by atoms with E-state index < -0.39 is 23.9 Å². The first-order valence-corrected chi connectivity index (χ1v) is 21.6. The average Bonchev–Trinajstić information content (AvgIpc) is 3.95. The second kappa shape index (κ2) is 16.5. The zero-order valence-corrected chi connectivity index (χ0v) is 34.6. The number of likely N-dealkylation sites (tertiary alicyclic amines) is 1. The summed E-state index contributed by atoms with van der Waals surface area (Å²) in [7, 11) is 1.84. The Labute approximate surface area is 356 Å². The first-order valence-electron chi connectivity index (χ1n) is 21.6. The van der Waals surface area contributed by atoms with E-state index in [-0.39, 0.29) is 40.6 Å². The van der Waals surface area contributed by atoms with E-state index in [1.807, 2.05) is 31.3 Å². The predicted molar refractivity (Wildman–Crippen MR) is 223 cm³/mol. The highest BCUT2D eigenvalue weighted by Gasteiger charge is 2.49. The summed E-state index contributed by atoms with van der Waals surface area (Å²) in [6, 6.07) is 7.62. The normalized spacial score (nSPS) is 23.0. The molecule has 4 aliphatic heterocycles. The summed E-state index contributed by atoms with van der Waals surface area (Å²) in [5, 5.41) is 19.2. The molecule has 3 amide bonds. The van der Waals surface area contributed by atoms with Crippen LogP contribution in [0, 0.1) is 23.2 Å². The summed E-state index contributed by atoms with van der Waals surface area (Å²) >= 11 is 0. The highest BCUT2D eigenvalue weighted by Crippen LogP contribution is 2.40. The zero-order chi connectivity index (χ0) is 42.5. The van der Waals surface area contributed by atoms with Gasteiger partial charge in [0.05, 0.1) is 65.4 Å². The maximum atomic E-state index is 14.3. The number of hydrogen-bond acceptors (Lipinski definition) is 11. The van der Waals surface area contributed by atoms with Crippen molar-refractivity contribution in [2.45, 2.75) is 75.9 Å². The van der Waals surface area contributed by atoms with Crippen LogP contribution in [-0.2, 0) is 26.1 Å². The molecule has 62 heavy (non-hydrogen) atoms. The van der Waals surface area contributed by atoms with Crippen LogP contribution in [0.5, 0.6) is 0 Å². The number of carbonyl (C=O) groups is 3. The minimum Gasteiger partial charge on any atom is -0.380 e. The lowest BCUT2D eigenvalue weighted by atomic mass is 9.78. The monoisotopic (exact) mass is 849 g/mol. The van der Waals surface area contributed by atoms with Crippen molar-refractivity contribution in [2.75, 3.05) is 62.8 Å². The first-order chi connectivity index (χ1) is 30.1. The third kappa shape index (κ3) is 7.81. The Bertz CT molecular complexity index is 2580. The van der Waals surface area contributed by atoms with E-state index in [2.05, 4.69) is 47.6 Å². The number of amides is 3. The number of fused-ring (bicyclic) bond motifs is 2. The molecule has 5 fully saturated rings. The molecule has 5 aliphatic rings. The van der Waals surface area contributed by atoms with Crippen LogP contribution >= 0.6 is 0 Å². The fraction of sp³-hybridized carbons (Fsp3) is 0.523. The molecule has 1 aromatic carbocycles. The van der Waals surface area contributed by atoms with Crippen LogP contribution in [0.3, 0.4) is 0 Å². The van der Waals surface area contributed by atoms with E-state index in [0.717, 1.165) is 107 Å². The molecule has 5 aromatic rings. The topological polar surface area (TPSA) is 166 Å². The number of alkyl halides is 2. The van der Waals surface area contributed by atoms with Gasteiger partial charge in [-0.2, -0.15) is 15.3 Å². The lowest BCUT2D eigenvalue weighted by Gasteiger charge is -2.55. The van der Waals surface area contributed by atoms with Gasteiger partial charge >= 0.3 is 0 Å². The number of nitrogens with one attached hydrogen (secondary N) is 2. The molecular weight excluding hydrogens is 801 g/mol. The Hall–Kier alpha value is -5.77. The number of hydrogen-bond donors (Lipinski definition) is 2. The van der Waals surface area contributed by atoms with Gasteiger partial charge in [-0.15, -0.1) is 0 Å². The van der Waals surface area contributed by atoms with Gasteiger partial charge in [0.2, 0.25) is 11.8 Å². The number of aromatic nitrogens is 7. The number of benzene rings is 1. The molecule has 10 rings (SSSR count). The molecule has 0 bridgehead atoms. The van der Waals surface area contributed by atoms with Crippen LogP contribution in [0.2, 0.25) is 0 Å². The number of halogens is 2. The van der Waals surface area contributed by atoms with Gasteiger partial charge < -0.3 is 24.6 Å². The third-order valence-electron chi connectivity index (χ3n) is 13.3. The fourth-order valence-electron chi connectivity index (χ4n) is 9.92. The van der Waals surface area contributed by atoms with Gasteiger partial charge in [0.1, 0.15) is 18.0 Å². The van der Waals surface area contributed by atoms with Gasteiger partial charge in [-0.3, -0.25) is 29.1 Å². The molecule has 1 unspecified atom stereocenters. The first kappa shape index (κ1) is 40.3. The van der Waals surface area contributed by atoms with Gasteiger partial charge in [-0.25, -0.2) is 18.3 Å². The van der Waals surface area contributed by atoms with Gasteiger partial charge in [0.15, 0.2) is 11.3 Å². The Morgan fingerprint density at radius 3 is 2.61 bits per heavy atom. The minimum atomic E-state index is -2.85. The standard InChI is InChI=1S/C44H49F2N11O5/c1-53-39-28(4-2-6-31(39)37(51-53)32-11-12-36(58)50-42(32)59)5-3-19-62-30-13-16-54(17-14-30)21-27-7-9-29(10-8-27)57-22-34(38(52-57)40(45)46)48-43(60)33-20-47-56-18-15-35(49-41(33)56)55-23-44(24-55)25-61-26-44/h2,4,6,15,18,20,22,27,29-30,32,40H,7-14,16-17,19,21,23-26H2,1H3,(H,48,60)(H,50,58,59). The van der Waals surface area contributed by atoms with E-state index in [0.29, 0.717) is 36.7 Å². The number of nitrogens with zero attached hydrogens (tertiary/aromatic N) is 9. The zero-order valence-electron chi connectivity index (χ0n) is 34.6. The van der Waals surface area contributed by atoms with Crippen LogP contribution in [0.15, 0.2) is 42.9 Å². The smallest absolute Gasteiger partial charge is 0.284 e. The Kier molecular flexibility index (Phi) is 10.7. The summed E-state index contributed by atoms with van der Waals surface area (Å²) in [6.07, 6.45) is 8.11. The number of aryl methyl sites for hydroxylation is 1. The summed E-state index contributed by atoms with van der Waals surface area (Å²) in [5.74, 6) is 6.08. The maximum Gasteiger partial charge on any atom is 0.284 e. The number of ether oxygens (including phenoxy) is 2. The lowest BCUT2D eigenvalue weighted by molar-refractivity contribution is -0.134. The van der Waals surface area contributed by atoms with Crippen molar-refractivity contribution in [3.05, 3.63) is 65.4 Å². The van der Waals surface area contributed by atoms with Crippen molar-refractivity contribution >= 4 is 45.8 Å². The quantitative estimate of drug-likeness (QED) is 0.149. The fourth-order valence-corrected chi connectivity index (χ4v) is 9.92. The number of para-hydroxylation sites is 1. The maximum absolute atomic E-state index is 14.3. The largest absolute Gasteiger partial charge is 0.380 e. The van der Waals surface area contributed by atoms with E-state index >= 15 is 0 Å². The van der Waals surface area contributed by atoms with Crippen molar-refractivity contribution in [1.82, 2.24) is 44.4 Å². The van der Waals surface area contributed by atoms with E-state index in [1.54, 1.807) is 21.8 Å². The average molecular weight is 850 g/mol. The summed E-state index contributed by atoms with van der Waals surface area (Å²) in [5.41, 5.74) is 2.64. The number of carbonyl (C=O) groups excluding carboxylic acids is 3. The number of imide groups is 1. The second-order valence-electron chi connectivity index (χ2n) is 17.6. The van der Waals surface area contributed by atoms with E-state index in [9.17, 15) is 23.2 Å². The second-order valence-corrected chi connectivity index (χ2v) is 17.6. The molecule has 18 heteroatoms. The highest BCUT2D eigenvalue weighted by molar-refractivity contribution is 6.08. The molecular formula is C44H49F2N11O5. The molecule has 0 radical (unpaired) electrons. The molecule has 1 spiro atoms. The molecule has 1 atom stereocenters. The van der Waals surface area contributed by atoms with Crippen LogP contribution in [0.1, 0.15) is 97.1 Å². The van der Waals surface area contributed by atoms with Gasteiger partial charge in [0.25, 0.3) is 12.3 Å². The summed E-state index contributed by atoms with van der Waals surface area (Å²) < 4.78 is 45.0. The predicted octanol–water partition coefficient (Wildman–Crippen LogP) is 4.62. The van der Waals surface area contributed by atoms with Crippen LogP contribution in [-0.4, -0.2) is 115 Å². The lowest BCUT2D eigenvalue weighted by Crippen LogP contribution is -2.66. The molecule has 1 saturated carbocycles. The van der Waals surface area contributed by atoms with Crippen molar-refractivity contribution in [2.24, 2.45) is 18.4 Å². The van der Waals surface area contributed by atoms with Crippen molar-refractivity contribution in [3.63, 3.8) is 0 Å². The van der Waals surface area contributed by atoms with E-state index in [1.165, 1.54) is 10.7 Å². The minimum absolute atomic E-state index is 0.000216. The van der Waals surface area contributed by atoms with Gasteiger partial charge in [0, 0.05) is 64.0 Å². The molecule has 4 aromatic heterocycles. The summed E-state index contributed by atoms with van der Waals surface area (Å²) in [4.78, 5) is 47.1. The van der Waals surface area contributed by atoms with Gasteiger partial charge in [-0.1, -0.05) is 24.0 Å². The Morgan fingerprint density at radius 2 is 1.87 bits per heavy atom. The van der Waals surface area contributed by atoms with Gasteiger partial charge in [-0.05, 0) is 63.0 Å². The Morgan fingerprint density at radius 1 is 1.06 bits per heavy atom. The highest BCUT2D eigenvalue weighted by atomic mass is 19.3. The number of anilines is 2. The molecule has 1 aliphatic carbocycles. The molecule has 16 nitrogen and oxygen atoms in total. The van der Waals surface area contributed by atoms with Crippen molar-refractivity contribution in [1.29, 1.82) is 0 Å².